The van der Waals surface area contributed by atoms with Gasteiger partial charge in [0.25, 0.3) is 5.91 Å². The van der Waals surface area contributed by atoms with E-state index in [1.807, 2.05) is 4.90 Å². The molecule has 0 spiro atoms. The minimum atomic E-state index is -0.428. The molecule has 1 saturated carbocycles. The molecule has 3 atom stereocenters. The Hall–Kier alpha value is -1.78. The molecule has 1 aliphatic carbocycles. The average molecular weight is 260 g/mol. The zero-order valence-corrected chi connectivity index (χ0v) is 10.8. The van der Waals surface area contributed by atoms with Crippen molar-refractivity contribution < 1.29 is 9.90 Å². The first-order chi connectivity index (χ1) is 9.08. The van der Waals surface area contributed by atoms with Crippen LogP contribution in [0.3, 0.4) is 0 Å². The van der Waals surface area contributed by atoms with Gasteiger partial charge >= 0.3 is 0 Å². The molecule has 3 aliphatic rings. The highest BCUT2D eigenvalue weighted by molar-refractivity contribution is 5.96. The molecule has 0 aromatic carbocycles. The average Bonchev–Trinajstić information content (AvgIpc) is 2.97. The highest BCUT2D eigenvalue weighted by Crippen LogP contribution is 2.45. The van der Waals surface area contributed by atoms with Gasteiger partial charge in [-0.2, -0.15) is 0 Å². The van der Waals surface area contributed by atoms with Gasteiger partial charge in [0.1, 0.15) is 0 Å². The first-order valence-electron chi connectivity index (χ1n) is 6.83. The van der Waals surface area contributed by atoms with E-state index in [1.165, 1.54) is 6.42 Å². The third-order valence-electron chi connectivity index (χ3n) is 5.00. The van der Waals surface area contributed by atoms with Crippen LogP contribution >= 0.6 is 0 Å². The first kappa shape index (κ1) is 11.1. The lowest BCUT2D eigenvalue weighted by molar-refractivity contribution is 0.0483. The summed E-state index contributed by atoms with van der Waals surface area (Å²) in [5.74, 6) is 0.0354. The van der Waals surface area contributed by atoms with Gasteiger partial charge in [-0.05, 0) is 32.1 Å². The number of hydrogen-bond donors (Lipinski definition) is 1. The zero-order valence-electron chi connectivity index (χ0n) is 10.8. The van der Waals surface area contributed by atoms with Gasteiger partial charge in [-0.15, -0.1) is 0 Å². The third-order valence-corrected chi connectivity index (χ3v) is 5.00. The molecule has 100 valence electrons. The van der Waals surface area contributed by atoms with Crippen LogP contribution in [0, 0.1) is 12.8 Å². The van der Waals surface area contributed by atoms with Crippen molar-refractivity contribution in [2.24, 2.45) is 5.92 Å². The number of fused-ring (bicyclic) bond motifs is 6. The smallest absolute Gasteiger partial charge is 0.275 e. The molecule has 1 aromatic heterocycles. The van der Waals surface area contributed by atoms with Gasteiger partial charge in [0.2, 0.25) is 5.43 Å². The van der Waals surface area contributed by atoms with Crippen LogP contribution in [0.5, 0.6) is 5.75 Å². The fraction of sp³-hybridized carbons (Fsp3) is 0.571. The van der Waals surface area contributed by atoms with Crippen molar-refractivity contribution in [2.45, 2.75) is 44.8 Å². The van der Waals surface area contributed by atoms with E-state index in [4.69, 9.17) is 0 Å². The Labute approximate surface area is 110 Å². The van der Waals surface area contributed by atoms with Crippen LogP contribution in [0.4, 0.5) is 0 Å². The molecule has 1 aromatic rings. The summed E-state index contributed by atoms with van der Waals surface area (Å²) < 4.78 is 1.77. The van der Waals surface area contributed by atoms with Crippen molar-refractivity contribution in [3.8, 4) is 5.75 Å². The number of carbonyl (C=O) groups excluding carboxylic acids is 1. The highest BCUT2D eigenvalue weighted by atomic mass is 16.3. The molecule has 1 N–H and O–H groups in total. The van der Waals surface area contributed by atoms with Gasteiger partial charge in [0.05, 0.1) is 6.04 Å². The predicted molar refractivity (Wildman–Crippen MR) is 68.2 cm³/mol. The minimum absolute atomic E-state index is 0.168. The molecule has 2 aliphatic heterocycles. The quantitative estimate of drug-likeness (QED) is 0.753. The van der Waals surface area contributed by atoms with E-state index in [1.54, 1.807) is 17.7 Å². The number of carbonyl (C=O) groups is 1. The monoisotopic (exact) mass is 260 g/mol. The van der Waals surface area contributed by atoms with Gasteiger partial charge in [0.15, 0.2) is 11.4 Å². The fourth-order valence-corrected chi connectivity index (χ4v) is 4.12. The van der Waals surface area contributed by atoms with Crippen LogP contribution in [0.2, 0.25) is 0 Å². The van der Waals surface area contributed by atoms with Crippen LogP contribution in [-0.4, -0.2) is 32.6 Å². The third kappa shape index (κ3) is 1.25. The molecule has 0 unspecified atom stereocenters. The van der Waals surface area contributed by atoms with E-state index in [-0.39, 0.29) is 23.4 Å². The Balaban J connectivity index is 1.91. The summed E-state index contributed by atoms with van der Waals surface area (Å²) in [5, 5.41) is 10.0. The van der Waals surface area contributed by atoms with E-state index in [0.717, 1.165) is 12.8 Å². The van der Waals surface area contributed by atoms with Gasteiger partial charge in [-0.1, -0.05) is 0 Å². The molecule has 3 heterocycles. The lowest BCUT2D eigenvalue weighted by atomic mass is 9.96. The van der Waals surface area contributed by atoms with Gasteiger partial charge in [-0.25, -0.2) is 0 Å². The Morgan fingerprint density at radius 3 is 2.89 bits per heavy atom. The summed E-state index contributed by atoms with van der Waals surface area (Å²) in [5.41, 5.74) is 0.243. The minimum Gasteiger partial charge on any atom is -0.503 e. The molecule has 0 radical (unpaired) electrons. The molecule has 2 fully saturated rings. The molecular weight excluding hydrogens is 244 g/mol. The second-order valence-corrected chi connectivity index (χ2v) is 6.00. The summed E-state index contributed by atoms with van der Waals surface area (Å²) in [6.07, 6.45) is 5.04. The Morgan fingerprint density at radius 2 is 2.11 bits per heavy atom. The van der Waals surface area contributed by atoms with Crippen LogP contribution in [-0.2, 0) is 6.54 Å². The molecule has 4 rings (SSSR count). The van der Waals surface area contributed by atoms with Crippen LogP contribution < -0.4 is 5.43 Å². The normalized spacial score (nSPS) is 31.5. The number of aryl methyl sites for hydroxylation is 1. The number of rotatable bonds is 0. The largest absolute Gasteiger partial charge is 0.503 e. The molecule has 1 saturated heterocycles. The number of aromatic nitrogens is 1. The zero-order chi connectivity index (χ0) is 13.3. The van der Waals surface area contributed by atoms with Crippen LogP contribution in [0.1, 0.15) is 35.3 Å². The maximum atomic E-state index is 12.6. The van der Waals surface area contributed by atoms with Crippen molar-refractivity contribution in [3.05, 3.63) is 27.7 Å². The highest BCUT2D eigenvalue weighted by Gasteiger charge is 2.51. The van der Waals surface area contributed by atoms with Crippen LogP contribution in [0.25, 0.3) is 0 Å². The van der Waals surface area contributed by atoms with Crippen LogP contribution in [0.15, 0.2) is 11.0 Å². The van der Waals surface area contributed by atoms with E-state index >= 15 is 0 Å². The first-order valence-corrected chi connectivity index (χ1v) is 6.83. The van der Waals surface area contributed by atoms with E-state index in [9.17, 15) is 14.7 Å². The van der Waals surface area contributed by atoms with Crippen molar-refractivity contribution in [1.29, 1.82) is 0 Å². The standard InChI is InChI=1S/C14H16N2O3/c1-7-5-15-6-10-8-2-3-9(4-8)16(10)14(19)11(15)13(18)12(7)17/h5,8-10,18H,2-4,6H2,1H3/t8-,9+,10+/m1/s1. The summed E-state index contributed by atoms with van der Waals surface area (Å²) >= 11 is 0. The summed E-state index contributed by atoms with van der Waals surface area (Å²) in [6.45, 7) is 2.38. The Bertz CT molecular complexity index is 649. The predicted octanol–water partition coefficient (Wildman–Crippen LogP) is 0.869. The van der Waals surface area contributed by atoms with E-state index in [0.29, 0.717) is 24.1 Å². The number of piperidine rings is 1. The Morgan fingerprint density at radius 1 is 1.32 bits per heavy atom. The van der Waals surface area contributed by atoms with Crippen molar-refractivity contribution in [3.63, 3.8) is 0 Å². The number of hydrogen-bond acceptors (Lipinski definition) is 3. The van der Waals surface area contributed by atoms with E-state index in [2.05, 4.69) is 0 Å². The molecule has 5 nitrogen and oxygen atoms in total. The van der Waals surface area contributed by atoms with Gasteiger partial charge < -0.3 is 14.6 Å². The van der Waals surface area contributed by atoms with Crippen molar-refractivity contribution in [2.75, 3.05) is 0 Å². The fourth-order valence-electron chi connectivity index (χ4n) is 4.12. The Kier molecular flexibility index (Phi) is 1.99. The summed E-state index contributed by atoms with van der Waals surface area (Å²) in [7, 11) is 0. The summed E-state index contributed by atoms with van der Waals surface area (Å²) in [6, 6.07) is 0.562. The summed E-state index contributed by atoms with van der Waals surface area (Å²) in [4.78, 5) is 26.3. The second kappa shape index (κ2) is 3.40. The van der Waals surface area contributed by atoms with Gasteiger partial charge in [0, 0.05) is 24.3 Å². The lowest BCUT2D eigenvalue weighted by Crippen LogP contribution is -2.52. The molecular formula is C14H16N2O3. The number of amides is 1. The maximum Gasteiger partial charge on any atom is 0.275 e. The topological polar surface area (TPSA) is 62.5 Å². The van der Waals surface area contributed by atoms with Gasteiger partial charge in [-0.3, -0.25) is 9.59 Å². The van der Waals surface area contributed by atoms with Crippen molar-refractivity contribution >= 4 is 5.91 Å². The lowest BCUT2D eigenvalue weighted by Gasteiger charge is -2.40. The molecule has 19 heavy (non-hydrogen) atoms. The van der Waals surface area contributed by atoms with E-state index < -0.39 is 5.43 Å². The SMILES string of the molecule is Cc1cn2c(c(O)c1=O)C(=O)N1[C@H]3CC[C@H](C3)[C@@H]1C2. The van der Waals surface area contributed by atoms with Crippen molar-refractivity contribution in [1.82, 2.24) is 9.47 Å². The number of pyridine rings is 1. The molecule has 1 amide bonds. The molecule has 5 heteroatoms. The second-order valence-electron chi connectivity index (χ2n) is 6.00. The maximum absolute atomic E-state index is 12.6. The number of nitrogens with zero attached hydrogens (tertiary/aromatic N) is 2. The number of aromatic hydroxyl groups is 1. The molecule has 2 bridgehead atoms.